The number of hydrogen-bond donors (Lipinski definition) is 1. The molecule has 0 saturated heterocycles. The Morgan fingerprint density at radius 2 is 1.69 bits per heavy atom. The number of nitrogens with zero attached hydrogens (tertiary/aromatic N) is 3. The van der Waals surface area contributed by atoms with E-state index in [-0.39, 0.29) is 5.91 Å². The van der Waals surface area contributed by atoms with Crippen LogP contribution in [0.4, 0.5) is 5.69 Å². The predicted molar refractivity (Wildman–Crippen MR) is 141 cm³/mol. The van der Waals surface area contributed by atoms with Gasteiger partial charge in [0.25, 0.3) is 5.91 Å². The van der Waals surface area contributed by atoms with Gasteiger partial charge < -0.3 is 9.47 Å². The molecule has 0 radical (unpaired) electrons. The van der Waals surface area contributed by atoms with Gasteiger partial charge in [-0.3, -0.25) is 15.1 Å². The number of allylic oxidation sites excluding steroid dienone is 1. The van der Waals surface area contributed by atoms with Crippen molar-refractivity contribution in [1.82, 2.24) is 5.32 Å². The number of hydrogen-bond acceptors (Lipinski definition) is 7. The van der Waals surface area contributed by atoms with Gasteiger partial charge in [-0.25, -0.2) is 5.01 Å². The molecule has 1 N–H and O–H groups in total. The second-order valence-corrected chi connectivity index (χ2v) is 8.85. The van der Waals surface area contributed by atoms with E-state index in [1.165, 1.54) is 11.8 Å². The molecular weight excluding hydrogens is 460 g/mol. The smallest absolute Gasteiger partial charge is 0.257 e. The molecule has 0 fully saturated rings. The van der Waals surface area contributed by atoms with E-state index in [4.69, 9.17) is 19.6 Å². The zero-order valence-electron chi connectivity index (χ0n) is 19.4. The van der Waals surface area contributed by atoms with E-state index in [2.05, 4.69) is 5.32 Å². The highest BCUT2D eigenvalue weighted by molar-refractivity contribution is 8.17. The van der Waals surface area contributed by atoms with Crippen LogP contribution in [-0.4, -0.2) is 37.6 Å². The third-order valence-electron chi connectivity index (χ3n) is 5.67. The summed E-state index contributed by atoms with van der Waals surface area (Å²) in [6.07, 6.45) is 2.83. The standard InChI is InChI=1S/C27H24N4O3S/c1-33-23-15-19-13-14-28-22(21(19)16-24(23)34-2)17-25-31(20-11-7-4-8-12-20)30-27(35-25)29-26(32)18-9-5-3-6-10-18/h3-12,15-17H,13-14H2,1-2H3,(H,29,30,32). The van der Waals surface area contributed by atoms with Gasteiger partial charge in [0.1, 0.15) is 5.03 Å². The third-order valence-corrected chi connectivity index (χ3v) is 6.54. The molecule has 2 aliphatic rings. The second kappa shape index (κ2) is 10.1. The van der Waals surface area contributed by atoms with Crippen molar-refractivity contribution in [3.8, 4) is 11.5 Å². The molecule has 3 aromatic rings. The molecule has 1 amide bonds. The lowest BCUT2D eigenvalue weighted by atomic mass is 9.96. The first kappa shape index (κ1) is 22.7. The molecule has 3 aromatic carbocycles. The Bertz CT molecular complexity index is 1340. The van der Waals surface area contributed by atoms with Gasteiger partial charge >= 0.3 is 0 Å². The maximum Gasteiger partial charge on any atom is 0.257 e. The number of ether oxygens (including phenoxy) is 2. The maximum atomic E-state index is 12.7. The molecule has 2 heterocycles. The van der Waals surface area contributed by atoms with Crippen molar-refractivity contribution in [3.05, 3.63) is 101 Å². The topological polar surface area (TPSA) is 75.5 Å². The van der Waals surface area contributed by atoms with Crippen molar-refractivity contribution in [2.45, 2.75) is 6.42 Å². The molecule has 35 heavy (non-hydrogen) atoms. The largest absolute Gasteiger partial charge is 0.493 e. The number of nitrogens with one attached hydrogen (secondary N) is 1. The molecule has 7 nitrogen and oxygen atoms in total. The molecule has 0 unspecified atom stereocenters. The summed E-state index contributed by atoms with van der Waals surface area (Å²) in [5, 5.41) is 10.8. The lowest BCUT2D eigenvalue weighted by Gasteiger charge is -2.20. The Labute approximate surface area is 208 Å². The number of amides is 1. The van der Waals surface area contributed by atoms with E-state index in [0.29, 0.717) is 28.8 Å². The Hall–Kier alpha value is -4.04. The van der Waals surface area contributed by atoms with Crippen LogP contribution in [0.5, 0.6) is 11.5 Å². The average Bonchev–Trinajstić information content (AvgIpc) is 3.30. The first-order valence-electron chi connectivity index (χ1n) is 11.2. The Morgan fingerprint density at radius 1 is 1.00 bits per heavy atom. The van der Waals surface area contributed by atoms with Crippen molar-refractivity contribution in [2.75, 3.05) is 25.8 Å². The number of rotatable bonds is 5. The fourth-order valence-corrected chi connectivity index (χ4v) is 4.81. The van der Waals surface area contributed by atoms with Gasteiger partial charge in [0.15, 0.2) is 16.7 Å². The lowest BCUT2D eigenvalue weighted by Crippen LogP contribution is -2.27. The van der Waals surface area contributed by atoms with Gasteiger partial charge in [0.05, 0.1) is 25.6 Å². The number of carbonyl (C=O) groups excluding carboxylic acids is 1. The first-order chi connectivity index (χ1) is 17.2. The van der Waals surface area contributed by atoms with Crippen LogP contribution in [-0.2, 0) is 6.42 Å². The molecule has 0 atom stereocenters. The van der Waals surface area contributed by atoms with Crippen molar-refractivity contribution < 1.29 is 14.3 Å². The summed E-state index contributed by atoms with van der Waals surface area (Å²) in [5.41, 5.74) is 4.45. The number of benzene rings is 3. The van der Waals surface area contributed by atoms with Crippen molar-refractivity contribution >= 4 is 34.2 Å². The van der Waals surface area contributed by atoms with E-state index < -0.39 is 0 Å². The summed E-state index contributed by atoms with van der Waals surface area (Å²) in [5.74, 6) is 1.16. The molecule has 176 valence electrons. The fourth-order valence-electron chi connectivity index (χ4n) is 3.95. The number of hydrazone groups is 1. The summed E-state index contributed by atoms with van der Waals surface area (Å²) in [7, 11) is 3.27. The minimum Gasteiger partial charge on any atom is -0.493 e. The van der Waals surface area contributed by atoms with Crippen LogP contribution in [0.3, 0.4) is 0 Å². The number of fused-ring (bicyclic) bond motifs is 1. The van der Waals surface area contributed by atoms with E-state index in [9.17, 15) is 4.79 Å². The predicted octanol–water partition coefficient (Wildman–Crippen LogP) is 4.84. The Balaban J connectivity index is 1.48. The third kappa shape index (κ3) is 4.79. The quantitative estimate of drug-likeness (QED) is 0.561. The van der Waals surface area contributed by atoms with Gasteiger partial charge in [-0.15, -0.1) is 5.10 Å². The Morgan fingerprint density at radius 3 is 2.40 bits per heavy atom. The fraction of sp³-hybridized carbons (Fsp3) is 0.148. The highest BCUT2D eigenvalue weighted by Crippen LogP contribution is 2.36. The van der Waals surface area contributed by atoms with Crippen LogP contribution < -0.4 is 19.8 Å². The first-order valence-corrected chi connectivity index (χ1v) is 12.0. The normalized spacial score (nSPS) is 15.8. The van der Waals surface area contributed by atoms with Crippen LogP contribution >= 0.6 is 11.8 Å². The van der Waals surface area contributed by atoms with E-state index in [0.717, 1.165) is 34.0 Å². The van der Waals surface area contributed by atoms with Crippen molar-refractivity contribution in [1.29, 1.82) is 0 Å². The second-order valence-electron chi connectivity index (χ2n) is 7.84. The van der Waals surface area contributed by atoms with E-state index in [1.807, 2.05) is 71.7 Å². The number of carbonyl (C=O) groups is 1. The number of anilines is 1. The highest BCUT2D eigenvalue weighted by Gasteiger charge is 2.27. The number of amidine groups is 1. The van der Waals surface area contributed by atoms with Crippen molar-refractivity contribution in [3.63, 3.8) is 0 Å². The van der Waals surface area contributed by atoms with E-state index in [1.54, 1.807) is 26.4 Å². The molecule has 0 bridgehead atoms. The van der Waals surface area contributed by atoms with Crippen LogP contribution in [0.25, 0.3) is 0 Å². The molecule has 0 saturated carbocycles. The van der Waals surface area contributed by atoms with Gasteiger partial charge in [-0.1, -0.05) is 36.4 Å². The molecule has 0 aromatic heterocycles. The molecule has 5 rings (SSSR count). The Kier molecular flexibility index (Phi) is 6.54. The maximum absolute atomic E-state index is 12.7. The zero-order chi connectivity index (χ0) is 24.2. The number of aliphatic imine (C=N–C) groups is 1. The van der Waals surface area contributed by atoms with E-state index >= 15 is 0 Å². The summed E-state index contributed by atoms with van der Waals surface area (Å²) in [6.45, 7) is 0.677. The minimum absolute atomic E-state index is 0.205. The summed E-state index contributed by atoms with van der Waals surface area (Å²) < 4.78 is 11.0. The summed E-state index contributed by atoms with van der Waals surface area (Å²) in [6, 6.07) is 22.9. The molecule has 2 aliphatic heterocycles. The average molecular weight is 485 g/mol. The molecule has 0 aliphatic carbocycles. The van der Waals surface area contributed by atoms with Gasteiger partial charge in [-0.2, -0.15) is 0 Å². The number of thioether (sulfide) groups is 1. The highest BCUT2D eigenvalue weighted by atomic mass is 32.2. The minimum atomic E-state index is -0.205. The van der Waals surface area contributed by atoms with Crippen LogP contribution in [0.15, 0.2) is 94.0 Å². The van der Waals surface area contributed by atoms with Crippen molar-refractivity contribution in [2.24, 2.45) is 10.1 Å². The number of para-hydroxylation sites is 1. The SMILES string of the molecule is COc1cc2c(cc1OC)C(C=C1SC(NC(=O)c3ccccc3)=NN1c1ccccc1)=NCC2. The van der Waals surface area contributed by atoms with Gasteiger partial charge in [0.2, 0.25) is 0 Å². The van der Waals surface area contributed by atoms with Gasteiger partial charge in [0, 0.05) is 17.7 Å². The van der Waals surface area contributed by atoms with Crippen LogP contribution in [0.2, 0.25) is 0 Å². The van der Waals surface area contributed by atoms with Crippen LogP contribution in [0.1, 0.15) is 21.5 Å². The monoisotopic (exact) mass is 484 g/mol. The molecule has 0 spiro atoms. The van der Waals surface area contributed by atoms with Crippen LogP contribution in [0, 0.1) is 0 Å². The summed E-state index contributed by atoms with van der Waals surface area (Å²) >= 11 is 1.39. The van der Waals surface area contributed by atoms with Gasteiger partial charge in [-0.05, 0) is 66.2 Å². The molecule has 8 heteroatoms. The molecular formula is C27H24N4O3S. The zero-order valence-corrected chi connectivity index (χ0v) is 20.2. The summed E-state index contributed by atoms with van der Waals surface area (Å²) in [4.78, 5) is 17.5. The number of methoxy groups -OCH3 is 2. The lowest BCUT2D eigenvalue weighted by molar-refractivity contribution is 0.0978.